The Kier molecular flexibility index (Phi) is 31.3. The minimum absolute atomic E-state index is 0.482. The Morgan fingerprint density at radius 3 is 1.45 bits per heavy atom. The maximum absolute atomic E-state index is 5.67. The lowest BCUT2D eigenvalue weighted by atomic mass is 9.99. The first-order chi connectivity index (χ1) is 35.2. The van der Waals surface area contributed by atoms with E-state index in [2.05, 4.69) is 142 Å². The highest BCUT2D eigenvalue weighted by molar-refractivity contribution is 7.22. The number of nitrogens with two attached hydrogens (primary N) is 1. The van der Waals surface area contributed by atoms with Gasteiger partial charge in [-0.2, -0.15) is 0 Å². The molecule has 2 N–H and O–H groups in total. The number of anilines is 1. The molecule has 0 spiro atoms. The summed E-state index contributed by atoms with van der Waals surface area (Å²) < 4.78 is 13.4. The number of aromatic nitrogens is 6. The largest absolute Gasteiger partial charge is 0.443 e. The fourth-order valence-corrected chi connectivity index (χ4v) is 9.18. The van der Waals surface area contributed by atoms with Crippen molar-refractivity contribution in [3.63, 3.8) is 0 Å². The van der Waals surface area contributed by atoms with E-state index in [4.69, 9.17) is 14.6 Å². The number of fused-ring (bicyclic) bond motifs is 5. The van der Waals surface area contributed by atoms with Crippen LogP contribution in [0, 0.1) is 6.92 Å². The molecule has 396 valence electrons. The van der Waals surface area contributed by atoms with Crippen molar-refractivity contribution in [2.24, 2.45) is 0 Å². The molecule has 0 radical (unpaired) electrons. The molecular weight excluding hydrogens is 939 g/mol. The van der Waals surface area contributed by atoms with Gasteiger partial charge in [0.2, 0.25) is 0 Å². The van der Waals surface area contributed by atoms with E-state index in [1.165, 1.54) is 49.0 Å². The van der Waals surface area contributed by atoms with Crippen LogP contribution >= 0.6 is 22.7 Å². The van der Waals surface area contributed by atoms with E-state index < -0.39 is 0 Å². The van der Waals surface area contributed by atoms with E-state index in [0.29, 0.717) is 34.7 Å². The zero-order valence-corrected chi connectivity index (χ0v) is 49.9. The summed E-state index contributed by atoms with van der Waals surface area (Å²) in [4.78, 5) is 25.2. The average Bonchev–Trinajstić information content (AvgIpc) is 4.25. The summed E-state index contributed by atoms with van der Waals surface area (Å²) in [6.07, 6.45) is 4.97. The summed E-state index contributed by atoms with van der Waals surface area (Å²) in [6, 6.07) is 30.9. The van der Waals surface area contributed by atoms with Crippen molar-refractivity contribution in [1.29, 1.82) is 0 Å². The van der Waals surface area contributed by atoms with E-state index in [0.717, 1.165) is 44.6 Å². The Bertz CT molecular complexity index is 2850. The molecule has 0 unspecified atom stereocenters. The number of aryl methyl sites for hydroxylation is 1. The smallest absolute Gasteiger partial charge is 0.192 e. The predicted molar refractivity (Wildman–Crippen MR) is 323 cm³/mol. The molecule has 0 saturated carbocycles. The van der Waals surface area contributed by atoms with Crippen molar-refractivity contribution >= 4 is 81.3 Å². The van der Waals surface area contributed by atoms with Gasteiger partial charge in [0.25, 0.3) is 0 Å². The van der Waals surface area contributed by atoms with Crippen LogP contribution in [0.4, 0.5) is 5.13 Å². The molecule has 0 aliphatic rings. The molecule has 0 amide bonds. The van der Waals surface area contributed by atoms with Crippen molar-refractivity contribution in [2.45, 2.75) is 175 Å². The Morgan fingerprint density at radius 1 is 0.452 bits per heavy atom. The first-order valence-electron chi connectivity index (χ1n) is 26.6. The fraction of sp³-hybridized carbons (Fsp3) is 0.419. The average molecular weight is 1030 g/mol. The van der Waals surface area contributed by atoms with Crippen LogP contribution in [-0.4, -0.2) is 29.9 Å². The molecule has 10 rings (SSSR count). The van der Waals surface area contributed by atoms with Gasteiger partial charge in [0, 0.05) is 18.5 Å². The molecule has 10 aromatic rings. The Morgan fingerprint density at radius 2 is 0.904 bits per heavy atom. The monoisotopic (exact) mass is 1030 g/mol. The second kappa shape index (κ2) is 35.2. The number of hydrogen-bond donors (Lipinski definition) is 1. The molecule has 0 saturated heterocycles. The number of thiazole rings is 2. The minimum Gasteiger partial charge on any atom is -0.443 e. The molecule has 0 bridgehead atoms. The van der Waals surface area contributed by atoms with E-state index >= 15 is 0 Å². The number of nitrogens with zero attached hydrogens (tertiary/aromatic N) is 6. The number of nitrogen functional groups attached to an aromatic ring is 1. The molecule has 5 aromatic carbocycles. The van der Waals surface area contributed by atoms with Gasteiger partial charge in [0.1, 0.15) is 17.4 Å². The lowest BCUT2D eigenvalue weighted by molar-refractivity contribution is 0.555. The molecule has 0 fully saturated rings. The van der Waals surface area contributed by atoms with Gasteiger partial charge in [-0.1, -0.05) is 210 Å². The topological polar surface area (TPSA) is 130 Å². The van der Waals surface area contributed by atoms with Gasteiger partial charge in [-0.25, -0.2) is 29.9 Å². The predicted octanol–water partition coefficient (Wildman–Crippen LogP) is 20.5. The van der Waals surface area contributed by atoms with Gasteiger partial charge in [-0.15, -0.1) is 11.3 Å². The third kappa shape index (κ3) is 19.1. The lowest BCUT2D eigenvalue weighted by Crippen LogP contribution is -1.90. The number of benzene rings is 5. The SMILES string of the molecule is CC.CC.CC.CC.CC.CC(C)c1cccc2nc(N)sc12.CC(C)c1cccc2ncncc12.CC(C)c1cccc2ncoc12.CC(C)c1cccc2ncsc12.Cc1nc2cccc(C(C)C)c2o1. The minimum atomic E-state index is 0.482. The zero-order valence-electron chi connectivity index (χ0n) is 48.3. The van der Waals surface area contributed by atoms with Gasteiger partial charge in [0.05, 0.1) is 31.5 Å². The summed E-state index contributed by atoms with van der Waals surface area (Å²) >= 11 is 3.30. The van der Waals surface area contributed by atoms with Crippen molar-refractivity contribution in [3.8, 4) is 0 Å². The zero-order chi connectivity index (χ0) is 55.2. The van der Waals surface area contributed by atoms with Gasteiger partial charge in [-0.05, 0) is 87.7 Å². The normalized spacial score (nSPS) is 10.1. The highest BCUT2D eigenvalue weighted by Gasteiger charge is 2.11. The summed E-state index contributed by atoms with van der Waals surface area (Å²) in [5.74, 6) is 3.35. The number of para-hydroxylation sites is 2. The molecule has 5 aromatic heterocycles. The molecule has 73 heavy (non-hydrogen) atoms. The summed E-state index contributed by atoms with van der Waals surface area (Å²) in [7, 11) is 0. The Balaban J connectivity index is 0.000000437. The standard InChI is InChI=1S/C11H12N2.C11H13NO.C10H12N2S.C10H11NO.C10H11NS.5C2H6/c1-8(2)9-4-3-5-11-10(9)6-12-7-13-11;1-7(2)9-5-4-6-10-11(9)13-8(3)12-10;1-6(2)7-4-3-5-8-9(7)13-10(11)12-8;2*1-7(2)8-4-3-5-9-10(8)12-6-11-9;5*1-2/h3-8H,1-2H3;4-7H,1-3H3;3-6H,1-2H3,(H2,11,12);2*3-7H,1-2H3;5*1-2H3. The number of rotatable bonds is 5. The Labute approximate surface area is 447 Å². The molecular formula is C62H89N7O2S2. The van der Waals surface area contributed by atoms with Gasteiger partial charge >= 0.3 is 0 Å². The maximum atomic E-state index is 5.67. The third-order valence-corrected chi connectivity index (χ3v) is 12.3. The van der Waals surface area contributed by atoms with Crippen molar-refractivity contribution in [1.82, 2.24) is 29.9 Å². The highest BCUT2D eigenvalue weighted by Crippen LogP contribution is 2.32. The van der Waals surface area contributed by atoms with Crippen LogP contribution in [0.2, 0.25) is 0 Å². The quantitative estimate of drug-likeness (QED) is 0.179. The van der Waals surface area contributed by atoms with E-state index in [9.17, 15) is 0 Å². The van der Waals surface area contributed by atoms with Crippen molar-refractivity contribution < 1.29 is 8.83 Å². The molecule has 0 atom stereocenters. The van der Waals surface area contributed by atoms with Crippen LogP contribution in [0.5, 0.6) is 0 Å². The molecule has 0 aliphatic carbocycles. The molecule has 9 nitrogen and oxygen atoms in total. The lowest BCUT2D eigenvalue weighted by Gasteiger charge is -2.07. The van der Waals surface area contributed by atoms with Gasteiger partial charge in [-0.3, -0.25) is 0 Å². The Hall–Kier alpha value is -6.04. The van der Waals surface area contributed by atoms with Crippen LogP contribution < -0.4 is 5.73 Å². The van der Waals surface area contributed by atoms with E-state index in [1.54, 1.807) is 29.0 Å². The third-order valence-electron chi connectivity index (χ3n) is 10.5. The van der Waals surface area contributed by atoms with Crippen LogP contribution in [0.15, 0.2) is 124 Å². The molecule has 11 heteroatoms. The van der Waals surface area contributed by atoms with Gasteiger partial charge < -0.3 is 14.6 Å². The number of oxazole rings is 2. The highest BCUT2D eigenvalue weighted by atomic mass is 32.1. The first-order valence-corrected chi connectivity index (χ1v) is 28.3. The van der Waals surface area contributed by atoms with Crippen LogP contribution in [0.1, 0.15) is 202 Å². The summed E-state index contributed by atoms with van der Waals surface area (Å²) in [6.45, 7) is 43.7. The van der Waals surface area contributed by atoms with Crippen LogP contribution in [0.25, 0.3) is 53.5 Å². The first kappa shape index (κ1) is 65.0. The van der Waals surface area contributed by atoms with E-state index in [1.807, 2.05) is 136 Å². The fourth-order valence-electron chi connectivity index (χ4n) is 7.23. The van der Waals surface area contributed by atoms with Crippen LogP contribution in [-0.2, 0) is 0 Å². The number of hydrogen-bond acceptors (Lipinski definition) is 11. The maximum Gasteiger partial charge on any atom is 0.192 e. The molecule has 5 heterocycles. The summed E-state index contributed by atoms with van der Waals surface area (Å²) in [5.41, 5.74) is 21.1. The van der Waals surface area contributed by atoms with Gasteiger partial charge in [0.15, 0.2) is 28.6 Å². The van der Waals surface area contributed by atoms with E-state index in [-0.39, 0.29) is 0 Å². The molecule has 0 aliphatic heterocycles. The summed E-state index contributed by atoms with van der Waals surface area (Å²) in [5, 5.41) is 1.82. The second-order valence-electron chi connectivity index (χ2n) is 16.8. The van der Waals surface area contributed by atoms with Crippen LogP contribution in [0.3, 0.4) is 0 Å². The van der Waals surface area contributed by atoms with Crippen molar-refractivity contribution in [3.05, 3.63) is 149 Å². The van der Waals surface area contributed by atoms with Crippen molar-refractivity contribution in [2.75, 3.05) is 5.73 Å². The second-order valence-corrected chi connectivity index (χ2v) is 18.7.